The third-order valence-electron chi connectivity index (χ3n) is 2.93. The molecule has 1 aromatic carbocycles. The molecule has 0 spiro atoms. The van der Waals surface area contributed by atoms with Crippen LogP contribution in [0, 0.1) is 0 Å². The molecular formula is C14H17NO3S. The third-order valence-corrected chi connectivity index (χ3v) is 3.91. The first-order chi connectivity index (χ1) is 9.21. The van der Waals surface area contributed by atoms with Gasteiger partial charge in [0.1, 0.15) is 17.2 Å². The fourth-order valence-corrected chi connectivity index (χ4v) is 2.81. The highest BCUT2D eigenvalue weighted by Crippen LogP contribution is 2.38. The van der Waals surface area contributed by atoms with E-state index in [4.69, 9.17) is 19.9 Å². The molecule has 5 heteroatoms. The van der Waals surface area contributed by atoms with E-state index in [1.54, 1.807) is 32.7 Å². The van der Waals surface area contributed by atoms with Gasteiger partial charge < -0.3 is 19.9 Å². The molecule has 0 saturated carbocycles. The van der Waals surface area contributed by atoms with E-state index in [1.165, 1.54) is 0 Å². The van der Waals surface area contributed by atoms with Gasteiger partial charge in [-0.05, 0) is 29.6 Å². The minimum Gasteiger partial charge on any atom is -0.497 e. The Morgan fingerprint density at radius 3 is 2.37 bits per heavy atom. The molecule has 1 unspecified atom stereocenters. The minimum atomic E-state index is -0.306. The van der Waals surface area contributed by atoms with Gasteiger partial charge in [-0.2, -0.15) is 0 Å². The Labute approximate surface area is 116 Å². The third kappa shape index (κ3) is 2.67. The van der Waals surface area contributed by atoms with Crippen LogP contribution in [0.25, 0.3) is 0 Å². The number of hydrogen-bond acceptors (Lipinski definition) is 5. The van der Waals surface area contributed by atoms with Crippen molar-refractivity contribution in [2.45, 2.75) is 6.04 Å². The average Bonchev–Trinajstić information content (AvgIpc) is 2.94. The van der Waals surface area contributed by atoms with Crippen molar-refractivity contribution in [1.82, 2.24) is 0 Å². The first-order valence-electron chi connectivity index (χ1n) is 5.80. The second-order valence-electron chi connectivity index (χ2n) is 3.94. The van der Waals surface area contributed by atoms with Crippen LogP contribution in [0.3, 0.4) is 0 Å². The Morgan fingerprint density at radius 2 is 1.74 bits per heavy atom. The number of methoxy groups -OCH3 is 3. The number of rotatable bonds is 5. The van der Waals surface area contributed by atoms with Gasteiger partial charge in [-0.3, -0.25) is 0 Å². The molecule has 2 aromatic rings. The molecule has 0 aliphatic heterocycles. The summed E-state index contributed by atoms with van der Waals surface area (Å²) in [6.45, 7) is 0. The molecule has 0 bridgehead atoms. The van der Waals surface area contributed by atoms with E-state index in [2.05, 4.69) is 0 Å². The fourth-order valence-electron chi connectivity index (χ4n) is 1.93. The monoisotopic (exact) mass is 279 g/mol. The van der Waals surface area contributed by atoms with E-state index in [1.807, 2.05) is 29.6 Å². The van der Waals surface area contributed by atoms with Crippen LogP contribution in [0.5, 0.6) is 17.2 Å². The van der Waals surface area contributed by atoms with Crippen LogP contribution >= 0.6 is 11.3 Å². The van der Waals surface area contributed by atoms with Gasteiger partial charge in [0, 0.05) is 5.56 Å². The zero-order valence-electron chi connectivity index (χ0n) is 11.2. The molecule has 2 N–H and O–H groups in total. The van der Waals surface area contributed by atoms with Crippen LogP contribution in [-0.4, -0.2) is 21.3 Å². The average molecular weight is 279 g/mol. The topological polar surface area (TPSA) is 53.7 Å². The van der Waals surface area contributed by atoms with Crippen molar-refractivity contribution < 1.29 is 14.2 Å². The summed E-state index contributed by atoms with van der Waals surface area (Å²) in [5.74, 6) is 2.29. The van der Waals surface area contributed by atoms with Crippen LogP contribution in [-0.2, 0) is 0 Å². The summed E-state index contributed by atoms with van der Waals surface area (Å²) in [6, 6.07) is 7.20. The summed E-state index contributed by atoms with van der Waals surface area (Å²) in [4.78, 5) is 0.967. The van der Waals surface area contributed by atoms with Crippen LogP contribution in [0.15, 0.2) is 29.6 Å². The van der Waals surface area contributed by atoms with Crippen LogP contribution < -0.4 is 19.9 Å². The van der Waals surface area contributed by atoms with Crippen molar-refractivity contribution in [3.8, 4) is 17.2 Å². The SMILES string of the molecule is COc1ccc(OC)c(C(N)c2sccc2OC)c1. The zero-order chi connectivity index (χ0) is 13.8. The van der Waals surface area contributed by atoms with Gasteiger partial charge in [-0.1, -0.05) is 0 Å². The van der Waals surface area contributed by atoms with Crippen molar-refractivity contribution in [2.24, 2.45) is 5.73 Å². The lowest BCUT2D eigenvalue weighted by molar-refractivity contribution is 0.394. The van der Waals surface area contributed by atoms with E-state index in [0.29, 0.717) is 0 Å². The molecule has 1 aromatic heterocycles. The Bertz CT molecular complexity index is 553. The van der Waals surface area contributed by atoms with E-state index < -0.39 is 0 Å². The molecule has 1 heterocycles. The van der Waals surface area contributed by atoms with Gasteiger partial charge in [-0.15, -0.1) is 11.3 Å². The standard InChI is InChI=1S/C14H17NO3S/c1-16-9-4-5-11(17-2)10(8-9)13(15)14-12(18-3)6-7-19-14/h4-8,13H,15H2,1-3H3. The summed E-state index contributed by atoms with van der Waals surface area (Å²) >= 11 is 1.56. The molecule has 102 valence electrons. The second kappa shape index (κ2) is 5.95. The highest BCUT2D eigenvalue weighted by molar-refractivity contribution is 7.10. The summed E-state index contributed by atoms with van der Waals surface area (Å²) in [5, 5.41) is 1.96. The molecule has 4 nitrogen and oxygen atoms in total. The quantitative estimate of drug-likeness (QED) is 0.914. The maximum absolute atomic E-state index is 6.33. The Hall–Kier alpha value is -1.72. The smallest absolute Gasteiger partial charge is 0.134 e. The Morgan fingerprint density at radius 1 is 1.00 bits per heavy atom. The minimum absolute atomic E-state index is 0.306. The molecule has 0 aliphatic rings. The molecule has 0 aliphatic carbocycles. The number of ether oxygens (including phenoxy) is 3. The lowest BCUT2D eigenvalue weighted by Crippen LogP contribution is -2.12. The van der Waals surface area contributed by atoms with E-state index in [9.17, 15) is 0 Å². The Balaban J connectivity index is 2.45. The zero-order valence-corrected chi connectivity index (χ0v) is 12.0. The molecule has 0 saturated heterocycles. The number of hydrogen-bond donors (Lipinski definition) is 1. The Kier molecular flexibility index (Phi) is 4.29. The van der Waals surface area contributed by atoms with Gasteiger partial charge >= 0.3 is 0 Å². The number of thiophene rings is 1. The van der Waals surface area contributed by atoms with Gasteiger partial charge in [0.05, 0.1) is 32.2 Å². The second-order valence-corrected chi connectivity index (χ2v) is 4.89. The number of benzene rings is 1. The van der Waals surface area contributed by atoms with Crippen molar-refractivity contribution in [3.63, 3.8) is 0 Å². The normalized spacial score (nSPS) is 12.0. The van der Waals surface area contributed by atoms with Crippen LogP contribution in [0.1, 0.15) is 16.5 Å². The van der Waals surface area contributed by atoms with Gasteiger partial charge in [0.2, 0.25) is 0 Å². The molecule has 0 amide bonds. The maximum Gasteiger partial charge on any atom is 0.134 e. The van der Waals surface area contributed by atoms with E-state index in [0.717, 1.165) is 27.7 Å². The van der Waals surface area contributed by atoms with Crippen LogP contribution in [0.4, 0.5) is 0 Å². The summed E-state index contributed by atoms with van der Waals surface area (Å²) in [6.07, 6.45) is 0. The van der Waals surface area contributed by atoms with Crippen molar-refractivity contribution in [3.05, 3.63) is 40.1 Å². The first kappa shape index (κ1) is 13.7. The van der Waals surface area contributed by atoms with Gasteiger partial charge in [-0.25, -0.2) is 0 Å². The molecule has 0 radical (unpaired) electrons. The van der Waals surface area contributed by atoms with Crippen molar-refractivity contribution >= 4 is 11.3 Å². The van der Waals surface area contributed by atoms with Gasteiger partial charge in [0.25, 0.3) is 0 Å². The lowest BCUT2D eigenvalue weighted by Gasteiger charge is -2.16. The maximum atomic E-state index is 6.33. The molecular weight excluding hydrogens is 262 g/mol. The lowest BCUT2D eigenvalue weighted by atomic mass is 10.0. The highest BCUT2D eigenvalue weighted by Gasteiger charge is 2.19. The van der Waals surface area contributed by atoms with E-state index in [-0.39, 0.29) is 6.04 Å². The van der Waals surface area contributed by atoms with Crippen LogP contribution in [0.2, 0.25) is 0 Å². The predicted molar refractivity (Wildman–Crippen MR) is 76.4 cm³/mol. The van der Waals surface area contributed by atoms with Crippen molar-refractivity contribution in [1.29, 1.82) is 0 Å². The summed E-state index contributed by atoms with van der Waals surface area (Å²) < 4.78 is 15.9. The molecule has 2 rings (SSSR count). The number of nitrogens with two attached hydrogens (primary N) is 1. The largest absolute Gasteiger partial charge is 0.497 e. The van der Waals surface area contributed by atoms with Gasteiger partial charge in [0.15, 0.2) is 0 Å². The molecule has 0 fully saturated rings. The summed E-state index contributed by atoms with van der Waals surface area (Å²) in [7, 11) is 4.90. The fraction of sp³-hybridized carbons (Fsp3) is 0.286. The van der Waals surface area contributed by atoms with Crippen molar-refractivity contribution in [2.75, 3.05) is 21.3 Å². The highest BCUT2D eigenvalue weighted by atomic mass is 32.1. The van der Waals surface area contributed by atoms with E-state index >= 15 is 0 Å². The molecule has 1 atom stereocenters. The summed E-state index contributed by atoms with van der Waals surface area (Å²) in [5.41, 5.74) is 7.21. The molecule has 19 heavy (non-hydrogen) atoms. The first-order valence-corrected chi connectivity index (χ1v) is 6.68. The predicted octanol–water partition coefficient (Wildman–Crippen LogP) is 2.82.